The third-order valence-corrected chi connectivity index (χ3v) is 2.25. The molecule has 0 spiro atoms. The molecule has 0 unspecified atom stereocenters. The molecule has 0 saturated carbocycles. The van der Waals surface area contributed by atoms with E-state index < -0.39 is 0 Å². The fourth-order valence-corrected chi connectivity index (χ4v) is 1.52. The lowest BCUT2D eigenvalue weighted by molar-refractivity contribution is 0.320. The Kier molecular flexibility index (Phi) is 3.35. The first-order valence-corrected chi connectivity index (χ1v) is 5.16. The summed E-state index contributed by atoms with van der Waals surface area (Å²) >= 11 is 0. The first kappa shape index (κ1) is 11.1. The maximum absolute atomic E-state index is 8.61. The Morgan fingerprint density at radius 1 is 1.41 bits per heavy atom. The number of aromatic nitrogens is 1. The van der Waals surface area contributed by atoms with Gasteiger partial charge in [-0.1, -0.05) is 36.0 Å². The van der Waals surface area contributed by atoms with E-state index in [0.29, 0.717) is 18.1 Å². The van der Waals surface area contributed by atoms with Gasteiger partial charge in [0.25, 0.3) is 0 Å². The van der Waals surface area contributed by atoms with Crippen molar-refractivity contribution < 1.29 is 9.94 Å². The summed E-state index contributed by atoms with van der Waals surface area (Å²) in [7, 11) is 0. The lowest BCUT2D eigenvalue weighted by Crippen LogP contribution is -2.00. The van der Waals surface area contributed by atoms with Crippen LogP contribution in [0, 0.1) is 0 Å². The van der Waals surface area contributed by atoms with Gasteiger partial charge in [0.1, 0.15) is 6.61 Å². The highest BCUT2D eigenvalue weighted by Crippen LogP contribution is 2.20. The molecule has 0 saturated heterocycles. The summed E-state index contributed by atoms with van der Waals surface area (Å²) in [5.41, 5.74) is 1.47. The van der Waals surface area contributed by atoms with Crippen molar-refractivity contribution in [3.63, 3.8) is 0 Å². The van der Waals surface area contributed by atoms with E-state index in [1.165, 1.54) is 6.21 Å². The van der Waals surface area contributed by atoms with Crippen molar-refractivity contribution in [2.24, 2.45) is 5.16 Å². The molecule has 1 N–H and O–H groups in total. The molecule has 0 aliphatic heterocycles. The molecule has 2 rings (SSSR count). The summed E-state index contributed by atoms with van der Waals surface area (Å²) in [6.45, 7) is 3.94. The molecule has 0 bridgehead atoms. The Bertz CT molecular complexity index is 564. The molecule has 17 heavy (non-hydrogen) atoms. The molecule has 0 radical (unpaired) electrons. The van der Waals surface area contributed by atoms with Gasteiger partial charge in [0.15, 0.2) is 0 Å². The van der Waals surface area contributed by atoms with E-state index in [4.69, 9.17) is 9.94 Å². The first-order valence-electron chi connectivity index (χ1n) is 5.16. The van der Waals surface area contributed by atoms with E-state index in [9.17, 15) is 0 Å². The number of benzene rings is 1. The molecule has 0 aliphatic carbocycles. The van der Waals surface area contributed by atoms with E-state index >= 15 is 0 Å². The third kappa shape index (κ3) is 2.42. The zero-order chi connectivity index (χ0) is 12.1. The number of nitrogens with zero attached hydrogens (tertiary/aromatic N) is 2. The summed E-state index contributed by atoms with van der Waals surface area (Å²) in [6, 6.07) is 9.53. The number of pyridine rings is 1. The molecular weight excluding hydrogens is 216 g/mol. The molecule has 0 fully saturated rings. The van der Waals surface area contributed by atoms with Crippen molar-refractivity contribution in [1.29, 1.82) is 0 Å². The minimum atomic E-state index is 0.359. The number of fused-ring (bicyclic) bond motifs is 1. The normalized spacial score (nSPS) is 10.8. The van der Waals surface area contributed by atoms with Gasteiger partial charge < -0.3 is 9.94 Å². The number of hydrogen-bond acceptors (Lipinski definition) is 4. The SMILES string of the molecule is C=CCOc1nc2ccccc2cc1/C=N\O. The van der Waals surface area contributed by atoms with Gasteiger partial charge in [0, 0.05) is 5.39 Å². The second-order valence-electron chi connectivity index (χ2n) is 3.42. The smallest absolute Gasteiger partial charge is 0.223 e. The highest BCUT2D eigenvalue weighted by Gasteiger charge is 2.06. The quantitative estimate of drug-likeness (QED) is 0.379. The molecule has 0 atom stereocenters. The summed E-state index contributed by atoms with van der Waals surface area (Å²) in [5, 5.41) is 12.6. The van der Waals surface area contributed by atoms with Crippen molar-refractivity contribution in [3.8, 4) is 5.88 Å². The van der Waals surface area contributed by atoms with E-state index in [1.54, 1.807) is 6.08 Å². The number of rotatable bonds is 4. The summed E-state index contributed by atoms with van der Waals surface area (Å²) in [4.78, 5) is 4.36. The average Bonchev–Trinajstić information content (AvgIpc) is 2.36. The summed E-state index contributed by atoms with van der Waals surface area (Å²) in [6.07, 6.45) is 2.94. The molecule has 4 heteroatoms. The van der Waals surface area contributed by atoms with Crippen molar-refractivity contribution >= 4 is 17.1 Å². The lowest BCUT2D eigenvalue weighted by Gasteiger charge is -2.07. The van der Waals surface area contributed by atoms with Crippen LogP contribution in [-0.4, -0.2) is 23.0 Å². The van der Waals surface area contributed by atoms with E-state index in [2.05, 4.69) is 16.7 Å². The number of para-hydroxylation sites is 1. The van der Waals surface area contributed by atoms with Crippen molar-refractivity contribution in [2.75, 3.05) is 6.61 Å². The van der Waals surface area contributed by atoms with Gasteiger partial charge in [-0.25, -0.2) is 4.98 Å². The second-order valence-corrected chi connectivity index (χ2v) is 3.42. The van der Waals surface area contributed by atoms with Gasteiger partial charge in [-0.05, 0) is 12.1 Å². The van der Waals surface area contributed by atoms with Crippen LogP contribution in [0.25, 0.3) is 10.9 Å². The van der Waals surface area contributed by atoms with Crippen molar-refractivity contribution in [1.82, 2.24) is 4.98 Å². The Morgan fingerprint density at radius 2 is 2.24 bits per heavy atom. The molecule has 86 valence electrons. The fraction of sp³-hybridized carbons (Fsp3) is 0.0769. The molecule has 2 aromatic rings. The Morgan fingerprint density at radius 3 is 3.00 bits per heavy atom. The maximum atomic E-state index is 8.61. The van der Waals surface area contributed by atoms with Gasteiger partial charge in [-0.15, -0.1) is 0 Å². The van der Waals surface area contributed by atoms with Crippen LogP contribution >= 0.6 is 0 Å². The largest absolute Gasteiger partial charge is 0.473 e. The van der Waals surface area contributed by atoms with E-state index in [-0.39, 0.29) is 0 Å². The van der Waals surface area contributed by atoms with Crippen LogP contribution in [0.3, 0.4) is 0 Å². The van der Waals surface area contributed by atoms with Crippen molar-refractivity contribution in [3.05, 3.63) is 48.6 Å². The average molecular weight is 228 g/mol. The van der Waals surface area contributed by atoms with Gasteiger partial charge in [0.05, 0.1) is 17.3 Å². The minimum absolute atomic E-state index is 0.359. The summed E-state index contributed by atoms with van der Waals surface area (Å²) in [5.74, 6) is 0.432. The van der Waals surface area contributed by atoms with Crippen LogP contribution in [0.2, 0.25) is 0 Å². The molecule has 1 aromatic carbocycles. The van der Waals surface area contributed by atoms with Crippen LogP contribution in [0.15, 0.2) is 48.1 Å². The van der Waals surface area contributed by atoms with Gasteiger partial charge >= 0.3 is 0 Å². The summed E-state index contributed by atoms with van der Waals surface area (Å²) < 4.78 is 5.42. The first-order chi connectivity index (χ1) is 8.35. The Balaban J connectivity index is 2.53. The molecule has 1 heterocycles. The molecule has 0 amide bonds. The van der Waals surface area contributed by atoms with Gasteiger partial charge in [0.2, 0.25) is 5.88 Å². The zero-order valence-electron chi connectivity index (χ0n) is 9.21. The standard InChI is InChI=1S/C13H12N2O2/c1-2-7-17-13-11(9-14-16)8-10-5-3-4-6-12(10)15-13/h2-6,8-9,16H,1,7H2/b14-9-. The minimum Gasteiger partial charge on any atom is -0.473 e. The lowest BCUT2D eigenvalue weighted by atomic mass is 10.1. The molecule has 0 aliphatic rings. The van der Waals surface area contributed by atoms with Crippen LogP contribution in [0.4, 0.5) is 0 Å². The Labute approximate surface area is 98.9 Å². The number of hydrogen-bond donors (Lipinski definition) is 1. The molecular formula is C13H12N2O2. The predicted molar refractivity (Wildman–Crippen MR) is 66.8 cm³/mol. The Hall–Kier alpha value is -2.36. The maximum Gasteiger partial charge on any atom is 0.223 e. The van der Waals surface area contributed by atoms with E-state index in [0.717, 1.165) is 10.9 Å². The highest BCUT2D eigenvalue weighted by molar-refractivity contribution is 5.90. The predicted octanol–water partition coefficient (Wildman–Crippen LogP) is 2.61. The van der Waals surface area contributed by atoms with Gasteiger partial charge in [-0.3, -0.25) is 0 Å². The van der Waals surface area contributed by atoms with Gasteiger partial charge in [-0.2, -0.15) is 0 Å². The number of oxime groups is 1. The molecule has 4 nitrogen and oxygen atoms in total. The highest BCUT2D eigenvalue weighted by atomic mass is 16.5. The monoisotopic (exact) mass is 228 g/mol. The zero-order valence-corrected chi connectivity index (χ0v) is 9.21. The van der Waals surface area contributed by atoms with Crippen molar-refractivity contribution in [2.45, 2.75) is 0 Å². The van der Waals surface area contributed by atoms with Crippen LogP contribution < -0.4 is 4.74 Å². The van der Waals surface area contributed by atoms with Crippen LogP contribution in [-0.2, 0) is 0 Å². The van der Waals surface area contributed by atoms with Crippen LogP contribution in [0.5, 0.6) is 5.88 Å². The van der Waals surface area contributed by atoms with E-state index in [1.807, 2.05) is 30.3 Å². The van der Waals surface area contributed by atoms with Crippen LogP contribution in [0.1, 0.15) is 5.56 Å². The topological polar surface area (TPSA) is 54.7 Å². The fourth-order valence-electron chi connectivity index (χ4n) is 1.52. The molecule has 1 aromatic heterocycles. The third-order valence-electron chi connectivity index (χ3n) is 2.25. The second kappa shape index (κ2) is 5.12. The number of ether oxygens (including phenoxy) is 1.